The molecule has 0 radical (unpaired) electrons. The average molecular weight is 379 g/mol. The van der Waals surface area contributed by atoms with E-state index in [2.05, 4.69) is 10.9 Å². The van der Waals surface area contributed by atoms with Crippen molar-refractivity contribution in [2.45, 2.75) is 26.8 Å². The minimum Gasteiger partial charge on any atom is -0.305 e. The van der Waals surface area contributed by atoms with E-state index in [1.54, 1.807) is 10.6 Å². The standard InChI is InChI=1S/C20H17N3O3S/c1-4-9-22-17-8-7-16(23(25)26)12-18(17)27-20(22)21-19(24)11-15-6-5-13(2)10-14(15)3/h1,5-8,10,12H,9,11H2,2-3H3. The first-order chi connectivity index (χ1) is 12.9. The number of non-ortho nitro benzene ring substituents is 1. The van der Waals surface area contributed by atoms with Gasteiger partial charge < -0.3 is 4.57 Å². The van der Waals surface area contributed by atoms with Crippen LogP contribution in [0, 0.1) is 36.3 Å². The molecule has 0 aliphatic heterocycles. The number of aromatic nitrogens is 1. The van der Waals surface area contributed by atoms with Gasteiger partial charge in [0.1, 0.15) is 0 Å². The van der Waals surface area contributed by atoms with Gasteiger partial charge in [0.2, 0.25) is 0 Å². The van der Waals surface area contributed by atoms with Crippen LogP contribution >= 0.6 is 11.3 Å². The Balaban J connectivity index is 2.03. The molecule has 6 nitrogen and oxygen atoms in total. The van der Waals surface area contributed by atoms with Crippen LogP contribution in [0.3, 0.4) is 0 Å². The number of nitrogens with zero attached hydrogens (tertiary/aromatic N) is 3. The minimum atomic E-state index is -0.452. The molecule has 0 N–H and O–H groups in total. The molecule has 3 rings (SSSR count). The third-order valence-electron chi connectivity index (χ3n) is 4.19. The second kappa shape index (κ2) is 7.56. The highest BCUT2D eigenvalue weighted by Gasteiger charge is 2.13. The number of benzene rings is 2. The molecule has 0 saturated carbocycles. The van der Waals surface area contributed by atoms with Crippen molar-refractivity contribution in [1.29, 1.82) is 0 Å². The van der Waals surface area contributed by atoms with Gasteiger partial charge in [0, 0.05) is 12.1 Å². The van der Waals surface area contributed by atoms with Crippen molar-refractivity contribution < 1.29 is 9.72 Å². The summed E-state index contributed by atoms with van der Waals surface area (Å²) in [4.78, 5) is 27.7. The maximum atomic E-state index is 12.5. The molecule has 0 spiro atoms. The van der Waals surface area contributed by atoms with Crippen LogP contribution in [-0.4, -0.2) is 15.4 Å². The van der Waals surface area contributed by atoms with E-state index in [4.69, 9.17) is 6.42 Å². The molecule has 0 saturated heterocycles. The van der Waals surface area contributed by atoms with Crippen LogP contribution in [0.15, 0.2) is 41.4 Å². The van der Waals surface area contributed by atoms with Crippen LogP contribution in [0.2, 0.25) is 0 Å². The van der Waals surface area contributed by atoms with Crippen LogP contribution in [0.1, 0.15) is 16.7 Å². The lowest BCUT2D eigenvalue weighted by Crippen LogP contribution is -2.17. The number of rotatable bonds is 4. The van der Waals surface area contributed by atoms with Crippen LogP contribution in [0.4, 0.5) is 5.69 Å². The van der Waals surface area contributed by atoms with Crippen molar-refractivity contribution in [3.63, 3.8) is 0 Å². The van der Waals surface area contributed by atoms with E-state index in [1.807, 2.05) is 32.0 Å². The molecule has 0 fully saturated rings. The summed E-state index contributed by atoms with van der Waals surface area (Å²) in [7, 11) is 0. The molecule has 0 bridgehead atoms. The Labute approximate surface area is 160 Å². The van der Waals surface area contributed by atoms with E-state index in [1.165, 1.54) is 23.5 Å². The van der Waals surface area contributed by atoms with Gasteiger partial charge in [-0.15, -0.1) is 6.42 Å². The SMILES string of the molecule is C#CCn1c(=NC(=O)Cc2ccc(C)cc2C)sc2cc([N+](=O)[O-])ccc21. The Morgan fingerprint density at radius 3 is 2.74 bits per heavy atom. The third-order valence-corrected chi connectivity index (χ3v) is 5.23. The zero-order chi connectivity index (χ0) is 19.6. The molecule has 7 heteroatoms. The molecule has 1 aromatic heterocycles. The molecule has 2 aromatic carbocycles. The van der Waals surface area contributed by atoms with Crippen molar-refractivity contribution in [3.8, 4) is 12.3 Å². The molecule has 1 amide bonds. The molecular formula is C20H17N3O3S. The summed E-state index contributed by atoms with van der Waals surface area (Å²) in [6.07, 6.45) is 5.64. The number of fused-ring (bicyclic) bond motifs is 1. The molecular weight excluding hydrogens is 362 g/mol. The second-order valence-electron chi connectivity index (χ2n) is 6.20. The van der Waals surface area contributed by atoms with E-state index in [-0.39, 0.29) is 24.6 Å². The Hall–Kier alpha value is -3.24. The molecule has 0 atom stereocenters. The number of terminal acetylenes is 1. The first-order valence-electron chi connectivity index (χ1n) is 8.24. The lowest BCUT2D eigenvalue weighted by molar-refractivity contribution is -0.384. The Kier molecular flexibility index (Phi) is 5.19. The van der Waals surface area contributed by atoms with Gasteiger partial charge in [-0.25, -0.2) is 0 Å². The Morgan fingerprint density at radius 1 is 1.30 bits per heavy atom. The quantitative estimate of drug-likeness (QED) is 0.395. The van der Waals surface area contributed by atoms with Crippen molar-refractivity contribution in [2.24, 2.45) is 4.99 Å². The number of aryl methyl sites for hydroxylation is 2. The molecule has 3 aromatic rings. The van der Waals surface area contributed by atoms with E-state index in [9.17, 15) is 14.9 Å². The topological polar surface area (TPSA) is 77.5 Å². The number of carbonyl (C=O) groups excluding carboxylic acids is 1. The summed E-state index contributed by atoms with van der Waals surface area (Å²) in [5.74, 6) is 2.26. The number of nitro benzene ring substituents is 1. The highest BCUT2D eigenvalue weighted by molar-refractivity contribution is 7.16. The summed E-state index contributed by atoms with van der Waals surface area (Å²) in [5.41, 5.74) is 3.82. The normalized spacial score (nSPS) is 11.5. The van der Waals surface area contributed by atoms with Gasteiger partial charge in [0.15, 0.2) is 4.80 Å². The number of hydrogen-bond acceptors (Lipinski definition) is 4. The van der Waals surface area contributed by atoms with Crippen molar-refractivity contribution >= 4 is 33.1 Å². The third kappa shape index (κ3) is 3.96. The number of carbonyl (C=O) groups is 1. The molecule has 0 unspecified atom stereocenters. The van der Waals surface area contributed by atoms with E-state index >= 15 is 0 Å². The number of thiazole rings is 1. The summed E-state index contributed by atoms with van der Waals surface area (Å²) < 4.78 is 2.39. The van der Waals surface area contributed by atoms with Crippen molar-refractivity contribution in [1.82, 2.24) is 4.57 Å². The first kappa shape index (κ1) is 18.5. The zero-order valence-corrected chi connectivity index (χ0v) is 15.7. The van der Waals surface area contributed by atoms with Crippen molar-refractivity contribution in [2.75, 3.05) is 0 Å². The molecule has 1 heterocycles. The van der Waals surface area contributed by atoms with Gasteiger partial charge in [-0.2, -0.15) is 4.99 Å². The van der Waals surface area contributed by atoms with E-state index in [0.29, 0.717) is 9.50 Å². The minimum absolute atomic E-state index is 0.00948. The van der Waals surface area contributed by atoms with Gasteiger partial charge in [0.05, 0.1) is 28.1 Å². The highest BCUT2D eigenvalue weighted by atomic mass is 32.1. The van der Waals surface area contributed by atoms with Gasteiger partial charge in [-0.3, -0.25) is 14.9 Å². The second-order valence-corrected chi connectivity index (χ2v) is 7.21. The van der Waals surface area contributed by atoms with Gasteiger partial charge in [-0.1, -0.05) is 41.0 Å². The van der Waals surface area contributed by atoms with Gasteiger partial charge in [-0.05, 0) is 31.0 Å². The van der Waals surface area contributed by atoms with Crippen LogP contribution in [0.5, 0.6) is 0 Å². The van der Waals surface area contributed by atoms with E-state index < -0.39 is 4.92 Å². The number of hydrogen-bond donors (Lipinski definition) is 0. The van der Waals surface area contributed by atoms with Crippen LogP contribution in [0.25, 0.3) is 10.2 Å². The predicted octanol–water partition coefficient (Wildman–Crippen LogP) is 3.53. The molecule has 136 valence electrons. The van der Waals surface area contributed by atoms with Crippen molar-refractivity contribution in [3.05, 3.63) is 68.0 Å². The summed E-state index contributed by atoms with van der Waals surface area (Å²) >= 11 is 1.22. The molecule has 27 heavy (non-hydrogen) atoms. The molecule has 0 aliphatic rings. The van der Waals surface area contributed by atoms with Gasteiger partial charge in [0.25, 0.3) is 11.6 Å². The number of amides is 1. The average Bonchev–Trinajstić information content (AvgIpc) is 2.94. The van der Waals surface area contributed by atoms with Crippen LogP contribution < -0.4 is 4.80 Å². The summed E-state index contributed by atoms with van der Waals surface area (Å²) in [6.45, 7) is 4.20. The monoisotopic (exact) mass is 379 g/mol. The lowest BCUT2D eigenvalue weighted by Gasteiger charge is -2.04. The number of nitro groups is 1. The fourth-order valence-corrected chi connectivity index (χ4v) is 3.94. The maximum Gasteiger partial charge on any atom is 0.270 e. The fraction of sp³-hybridized carbons (Fsp3) is 0.200. The summed E-state index contributed by atoms with van der Waals surface area (Å²) in [5, 5.41) is 11.0. The lowest BCUT2D eigenvalue weighted by atomic mass is 10.0. The first-order valence-corrected chi connectivity index (χ1v) is 9.05. The smallest absolute Gasteiger partial charge is 0.270 e. The maximum absolute atomic E-state index is 12.5. The Bertz CT molecular complexity index is 1170. The fourth-order valence-electron chi connectivity index (χ4n) is 2.86. The Morgan fingerprint density at radius 2 is 2.07 bits per heavy atom. The van der Waals surface area contributed by atoms with Gasteiger partial charge >= 0.3 is 0 Å². The molecule has 0 aliphatic carbocycles. The summed E-state index contributed by atoms with van der Waals surface area (Å²) in [6, 6.07) is 10.5. The van der Waals surface area contributed by atoms with E-state index in [0.717, 1.165) is 22.2 Å². The predicted molar refractivity (Wildman–Crippen MR) is 105 cm³/mol. The zero-order valence-electron chi connectivity index (χ0n) is 14.9. The largest absolute Gasteiger partial charge is 0.305 e. The highest BCUT2D eigenvalue weighted by Crippen LogP contribution is 2.23. The van der Waals surface area contributed by atoms with Crippen LogP contribution in [-0.2, 0) is 17.8 Å².